The van der Waals surface area contributed by atoms with Gasteiger partial charge >= 0.3 is 5.97 Å². The molecule has 0 saturated carbocycles. The lowest BCUT2D eigenvalue weighted by molar-refractivity contribution is -0.145. The minimum absolute atomic E-state index is 0.0630. The van der Waals surface area contributed by atoms with Crippen LogP contribution in [0.1, 0.15) is 32.6 Å². The molecule has 4 aromatic carbocycles. The molecule has 0 heterocycles. The molecule has 7 heteroatoms. The van der Waals surface area contributed by atoms with Crippen molar-refractivity contribution in [3.05, 3.63) is 131 Å². The molecule has 0 spiro atoms. The number of carbonyl (C=O) groups excluding carboxylic acids is 2. The van der Waals surface area contributed by atoms with Crippen molar-refractivity contribution in [3.63, 3.8) is 0 Å². The van der Waals surface area contributed by atoms with Crippen molar-refractivity contribution in [2.45, 2.75) is 19.4 Å². The van der Waals surface area contributed by atoms with Crippen LogP contribution in [-0.4, -0.2) is 38.0 Å². The highest BCUT2D eigenvalue weighted by Gasteiger charge is 2.30. The second-order valence-corrected chi connectivity index (χ2v) is 10.00. The molecule has 0 aliphatic rings. The van der Waals surface area contributed by atoms with Gasteiger partial charge < -0.3 is 20.5 Å². The fourth-order valence-corrected chi connectivity index (χ4v) is 4.76. The summed E-state index contributed by atoms with van der Waals surface area (Å²) in [6.45, 7) is 2.00. The molecule has 214 valence electrons. The standard InChI is InChI=1S/C35H35N3O4/c1-23-12-18-29(32(20-23)41-2)26-14-16-27(17-15-26)34(39)38-31(19-13-24-8-5-4-6-9-24)30(35(40)42-3)22-25-10-7-11-28(21-25)33(36)37/h4-21,30-31H,22H2,1-3H3,(H3,36,37)(H,38,39). The van der Waals surface area contributed by atoms with Crippen LogP contribution in [0.4, 0.5) is 0 Å². The van der Waals surface area contributed by atoms with E-state index in [1.807, 2.05) is 85.8 Å². The molecule has 0 aliphatic carbocycles. The Hall–Kier alpha value is -5.17. The van der Waals surface area contributed by atoms with Crippen LogP contribution in [0, 0.1) is 18.3 Å². The SMILES string of the molecule is COC(=O)C(Cc1cccc(C(=N)N)c1)C(C=Cc1ccccc1)NC(=O)c1ccc(-c2ccc(C)cc2OC)cc1. The third-order valence-electron chi connectivity index (χ3n) is 7.04. The molecule has 0 saturated heterocycles. The van der Waals surface area contributed by atoms with E-state index in [1.165, 1.54) is 7.11 Å². The maximum Gasteiger partial charge on any atom is 0.311 e. The zero-order chi connectivity index (χ0) is 30.1. The van der Waals surface area contributed by atoms with Gasteiger partial charge in [0.2, 0.25) is 0 Å². The van der Waals surface area contributed by atoms with Crippen LogP contribution in [0.5, 0.6) is 5.75 Å². The molecule has 0 radical (unpaired) electrons. The van der Waals surface area contributed by atoms with Gasteiger partial charge in [-0.05, 0) is 59.9 Å². The van der Waals surface area contributed by atoms with Crippen molar-refractivity contribution in [2.75, 3.05) is 14.2 Å². The number of hydrogen-bond donors (Lipinski definition) is 3. The van der Waals surface area contributed by atoms with Crippen LogP contribution in [0.25, 0.3) is 17.2 Å². The number of carbonyl (C=O) groups is 2. The Morgan fingerprint density at radius 2 is 1.64 bits per heavy atom. The summed E-state index contributed by atoms with van der Waals surface area (Å²) in [4.78, 5) is 26.6. The van der Waals surface area contributed by atoms with Gasteiger partial charge in [-0.3, -0.25) is 15.0 Å². The van der Waals surface area contributed by atoms with Gasteiger partial charge in [0.05, 0.1) is 26.2 Å². The lowest BCUT2D eigenvalue weighted by Crippen LogP contribution is -2.43. The average molecular weight is 562 g/mol. The highest BCUT2D eigenvalue weighted by molar-refractivity contribution is 5.96. The third kappa shape index (κ3) is 7.52. The number of esters is 1. The second-order valence-electron chi connectivity index (χ2n) is 10.00. The van der Waals surface area contributed by atoms with Crippen molar-refractivity contribution < 1.29 is 19.1 Å². The Balaban J connectivity index is 1.64. The molecule has 7 nitrogen and oxygen atoms in total. The molecule has 4 N–H and O–H groups in total. The predicted octanol–water partition coefficient (Wildman–Crippen LogP) is 5.80. The first kappa shape index (κ1) is 29.8. The Kier molecular flexibility index (Phi) is 9.90. The molecule has 4 aromatic rings. The summed E-state index contributed by atoms with van der Waals surface area (Å²) < 4.78 is 10.7. The first-order chi connectivity index (χ1) is 20.3. The third-order valence-corrected chi connectivity index (χ3v) is 7.04. The summed E-state index contributed by atoms with van der Waals surface area (Å²) in [5, 5.41) is 10.8. The lowest BCUT2D eigenvalue weighted by atomic mass is 9.90. The van der Waals surface area contributed by atoms with E-state index in [9.17, 15) is 9.59 Å². The number of amidine groups is 1. The number of rotatable bonds is 11. The van der Waals surface area contributed by atoms with E-state index in [1.54, 1.807) is 37.4 Å². The van der Waals surface area contributed by atoms with E-state index in [0.29, 0.717) is 11.1 Å². The van der Waals surface area contributed by atoms with Crippen molar-refractivity contribution in [1.29, 1.82) is 5.41 Å². The Morgan fingerprint density at radius 3 is 2.31 bits per heavy atom. The van der Waals surface area contributed by atoms with Crippen LogP contribution in [-0.2, 0) is 16.0 Å². The fraction of sp³-hybridized carbons (Fsp3) is 0.171. The minimum atomic E-state index is -0.739. The van der Waals surface area contributed by atoms with Crippen LogP contribution in [0.15, 0.2) is 103 Å². The number of amides is 1. The van der Waals surface area contributed by atoms with Crippen LogP contribution in [0.3, 0.4) is 0 Å². The molecular weight excluding hydrogens is 526 g/mol. The van der Waals surface area contributed by atoms with Gasteiger partial charge in [-0.25, -0.2) is 0 Å². The Labute approximate surface area is 246 Å². The second kappa shape index (κ2) is 13.9. The summed E-state index contributed by atoms with van der Waals surface area (Å²) in [5.74, 6) is -0.836. The smallest absolute Gasteiger partial charge is 0.311 e. The van der Waals surface area contributed by atoms with E-state index in [4.69, 9.17) is 20.6 Å². The molecule has 0 aromatic heterocycles. The van der Waals surface area contributed by atoms with Gasteiger partial charge in [0, 0.05) is 16.7 Å². The average Bonchev–Trinajstić information content (AvgIpc) is 3.02. The van der Waals surface area contributed by atoms with E-state index in [0.717, 1.165) is 33.6 Å². The van der Waals surface area contributed by atoms with E-state index in [2.05, 4.69) is 5.32 Å². The van der Waals surface area contributed by atoms with Crippen molar-refractivity contribution in [1.82, 2.24) is 5.32 Å². The molecule has 1 amide bonds. The van der Waals surface area contributed by atoms with E-state index in [-0.39, 0.29) is 18.2 Å². The fourth-order valence-electron chi connectivity index (χ4n) is 4.76. The molecule has 0 fully saturated rings. The first-order valence-corrected chi connectivity index (χ1v) is 13.6. The normalized spacial score (nSPS) is 12.4. The lowest BCUT2D eigenvalue weighted by Gasteiger charge is -2.24. The number of nitrogens with two attached hydrogens (primary N) is 1. The van der Waals surface area contributed by atoms with Crippen LogP contribution in [0.2, 0.25) is 0 Å². The molecule has 2 unspecified atom stereocenters. The van der Waals surface area contributed by atoms with Crippen molar-refractivity contribution in [3.8, 4) is 16.9 Å². The summed E-state index contributed by atoms with van der Waals surface area (Å²) in [6.07, 6.45) is 3.96. The summed E-state index contributed by atoms with van der Waals surface area (Å²) in [7, 11) is 2.97. The minimum Gasteiger partial charge on any atom is -0.496 e. The molecule has 2 atom stereocenters. The summed E-state index contributed by atoms with van der Waals surface area (Å²) in [6, 6.07) is 29.4. The van der Waals surface area contributed by atoms with Crippen molar-refractivity contribution in [2.24, 2.45) is 11.7 Å². The van der Waals surface area contributed by atoms with Gasteiger partial charge in [0.1, 0.15) is 11.6 Å². The van der Waals surface area contributed by atoms with Gasteiger partial charge in [0.25, 0.3) is 5.91 Å². The van der Waals surface area contributed by atoms with Gasteiger partial charge in [0.15, 0.2) is 0 Å². The molecular formula is C35H35N3O4. The van der Waals surface area contributed by atoms with E-state index >= 15 is 0 Å². The molecule has 0 bridgehead atoms. The number of ether oxygens (including phenoxy) is 2. The highest BCUT2D eigenvalue weighted by Crippen LogP contribution is 2.31. The van der Waals surface area contributed by atoms with Crippen LogP contribution >= 0.6 is 0 Å². The quantitative estimate of drug-likeness (QED) is 0.122. The molecule has 4 rings (SSSR count). The Morgan fingerprint density at radius 1 is 0.905 bits per heavy atom. The van der Waals surface area contributed by atoms with Gasteiger partial charge in [-0.15, -0.1) is 0 Å². The van der Waals surface area contributed by atoms with Crippen LogP contribution < -0.4 is 15.8 Å². The summed E-state index contributed by atoms with van der Waals surface area (Å²) in [5.41, 5.74) is 11.4. The molecule has 42 heavy (non-hydrogen) atoms. The largest absolute Gasteiger partial charge is 0.496 e. The van der Waals surface area contributed by atoms with Gasteiger partial charge in [-0.2, -0.15) is 0 Å². The van der Waals surface area contributed by atoms with Crippen molar-refractivity contribution >= 4 is 23.8 Å². The van der Waals surface area contributed by atoms with E-state index < -0.39 is 17.9 Å². The number of methoxy groups -OCH3 is 2. The van der Waals surface area contributed by atoms with Gasteiger partial charge in [-0.1, -0.05) is 84.9 Å². The highest BCUT2D eigenvalue weighted by atomic mass is 16.5. The first-order valence-electron chi connectivity index (χ1n) is 13.6. The number of nitrogens with one attached hydrogen (secondary N) is 2. The maximum atomic E-state index is 13.5. The summed E-state index contributed by atoms with van der Waals surface area (Å²) >= 11 is 0. The maximum absolute atomic E-state index is 13.5. The zero-order valence-electron chi connectivity index (χ0n) is 24.0. The topological polar surface area (TPSA) is 115 Å². The monoisotopic (exact) mass is 561 g/mol. The number of hydrogen-bond acceptors (Lipinski definition) is 5. The molecule has 0 aliphatic heterocycles. The number of aryl methyl sites for hydroxylation is 1. The number of nitrogen functional groups attached to an aromatic ring is 1. The predicted molar refractivity (Wildman–Crippen MR) is 167 cm³/mol. The number of benzene rings is 4. The Bertz CT molecular complexity index is 1580. The zero-order valence-corrected chi connectivity index (χ0v) is 24.0.